The first kappa shape index (κ1) is 10.5. The number of benzene rings is 1. The maximum Gasteiger partial charge on any atom is 0.153 e. The second kappa shape index (κ2) is 5.22. The molecule has 2 nitrogen and oxygen atoms in total. The Kier molecular flexibility index (Phi) is 3.92. The van der Waals surface area contributed by atoms with Crippen molar-refractivity contribution >= 4 is 6.29 Å². The zero-order valence-corrected chi connectivity index (χ0v) is 8.49. The summed E-state index contributed by atoms with van der Waals surface area (Å²) in [5.41, 5.74) is 1.79. The molecule has 0 aliphatic heterocycles. The Bertz CT molecular complexity index is 336. The molecule has 0 unspecified atom stereocenters. The first-order valence-corrected chi connectivity index (χ1v) is 4.54. The van der Waals surface area contributed by atoms with Crippen LogP contribution in [0.5, 0.6) is 5.75 Å². The third kappa shape index (κ3) is 3.05. The molecule has 0 saturated carbocycles. The highest BCUT2D eigenvalue weighted by Crippen LogP contribution is 2.15. The van der Waals surface area contributed by atoms with E-state index in [0.29, 0.717) is 17.9 Å². The van der Waals surface area contributed by atoms with Crippen LogP contribution in [0.25, 0.3) is 0 Å². The summed E-state index contributed by atoms with van der Waals surface area (Å²) < 4.78 is 5.43. The molecular weight excluding hydrogens is 176 g/mol. The molecule has 0 N–H and O–H groups in total. The molecule has 1 aromatic carbocycles. The van der Waals surface area contributed by atoms with Crippen LogP contribution in [0.15, 0.2) is 35.9 Å². The van der Waals surface area contributed by atoms with E-state index in [9.17, 15) is 4.79 Å². The molecule has 2 heteroatoms. The number of hydrogen-bond acceptors (Lipinski definition) is 2. The van der Waals surface area contributed by atoms with Gasteiger partial charge in [-0.15, -0.1) is 0 Å². The van der Waals surface area contributed by atoms with E-state index in [4.69, 9.17) is 4.74 Å². The van der Waals surface area contributed by atoms with Crippen molar-refractivity contribution < 1.29 is 9.53 Å². The third-order valence-corrected chi connectivity index (χ3v) is 1.78. The van der Waals surface area contributed by atoms with Crippen molar-refractivity contribution in [2.24, 2.45) is 0 Å². The molecule has 14 heavy (non-hydrogen) atoms. The molecule has 0 aliphatic carbocycles. The fraction of sp³-hybridized carbons (Fsp3) is 0.250. The topological polar surface area (TPSA) is 26.3 Å². The molecule has 0 aliphatic rings. The number of allylic oxidation sites excluding steroid dienone is 1. The minimum atomic E-state index is 0.507. The second-order valence-electron chi connectivity index (χ2n) is 3.25. The zero-order valence-electron chi connectivity index (χ0n) is 8.49. The number of para-hydroxylation sites is 1. The van der Waals surface area contributed by atoms with Gasteiger partial charge in [-0.1, -0.05) is 17.7 Å². The van der Waals surface area contributed by atoms with Gasteiger partial charge in [0.25, 0.3) is 0 Å². The predicted molar refractivity (Wildman–Crippen MR) is 56.8 cm³/mol. The van der Waals surface area contributed by atoms with Gasteiger partial charge in [-0.3, -0.25) is 4.79 Å². The summed E-state index contributed by atoms with van der Waals surface area (Å²) in [4.78, 5) is 10.6. The summed E-state index contributed by atoms with van der Waals surface area (Å²) in [6.07, 6.45) is 2.78. The highest BCUT2D eigenvalue weighted by Gasteiger charge is 1.99. The molecular formula is C12H14O2. The van der Waals surface area contributed by atoms with Gasteiger partial charge in [0.15, 0.2) is 6.29 Å². The van der Waals surface area contributed by atoms with E-state index in [-0.39, 0.29) is 0 Å². The Morgan fingerprint density at radius 3 is 2.71 bits per heavy atom. The lowest BCUT2D eigenvalue weighted by Crippen LogP contribution is -1.97. The number of hydrogen-bond donors (Lipinski definition) is 0. The summed E-state index contributed by atoms with van der Waals surface area (Å²) in [6, 6.07) is 7.20. The number of aldehydes is 1. The smallest absolute Gasteiger partial charge is 0.153 e. The van der Waals surface area contributed by atoms with E-state index >= 15 is 0 Å². The quantitative estimate of drug-likeness (QED) is 0.539. The molecule has 0 radical (unpaired) electrons. The Balaban J connectivity index is 2.66. The Morgan fingerprint density at radius 1 is 1.36 bits per heavy atom. The van der Waals surface area contributed by atoms with E-state index in [2.05, 4.69) is 0 Å². The molecule has 1 aromatic rings. The van der Waals surface area contributed by atoms with Gasteiger partial charge in [0.05, 0.1) is 5.56 Å². The van der Waals surface area contributed by atoms with Gasteiger partial charge in [-0.2, -0.15) is 0 Å². The van der Waals surface area contributed by atoms with Crippen LogP contribution in [0.4, 0.5) is 0 Å². The zero-order chi connectivity index (χ0) is 10.4. The first-order valence-electron chi connectivity index (χ1n) is 4.54. The molecule has 0 heterocycles. The van der Waals surface area contributed by atoms with E-state index in [0.717, 1.165) is 6.29 Å². The van der Waals surface area contributed by atoms with Gasteiger partial charge in [-0.05, 0) is 32.1 Å². The van der Waals surface area contributed by atoms with Crippen molar-refractivity contribution in [3.05, 3.63) is 41.5 Å². The SMILES string of the molecule is CC(C)=CCOc1ccccc1C=O. The molecule has 0 atom stereocenters. The van der Waals surface area contributed by atoms with E-state index in [1.165, 1.54) is 5.57 Å². The van der Waals surface area contributed by atoms with Gasteiger partial charge < -0.3 is 4.74 Å². The normalized spacial score (nSPS) is 9.29. The van der Waals surface area contributed by atoms with E-state index < -0.39 is 0 Å². The van der Waals surface area contributed by atoms with Crippen LogP contribution >= 0.6 is 0 Å². The highest BCUT2D eigenvalue weighted by molar-refractivity contribution is 5.79. The van der Waals surface area contributed by atoms with Crippen LogP contribution in [0, 0.1) is 0 Å². The second-order valence-corrected chi connectivity index (χ2v) is 3.25. The lowest BCUT2D eigenvalue weighted by Gasteiger charge is -2.05. The molecule has 0 spiro atoms. The molecule has 0 bridgehead atoms. The minimum Gasteiger partial charge on any atom is -0.489 e. The van der Waals surface area contributed by atoms with E-state index in [1.807, 2.05) is 32.1 Å². The van der Waals surface area contributed by atoms with Gasteiger partial charge >= 0.3 is 0 Å². The Labute approximate surface area is 84.2 Å². The number of carbonyl (C=O) groups is 1. The standard InChI is InChI=1S/C12H14O2/c1-10(2)7-8-14-12-6-4-3-5-11(12)9-13/h3-7,9H,8H2,1-2H3. The van der Waals surface area contributed by atoms with Gasteiger partial charge in [0.1, 0.15) is 12.4 Å². The summed E-state index contributed by atoms with van der Waals surface area (Å²) in [7, 11) is 0. The van der Waals surface area contributed by atoms with Crippen molar-refractivity contribution in [3.8, 4) is 5.75 Å². The number of rotatable bonds is 4. The maximum atomic E-state index is 10.6. The van der Waals surface area contributed by atoms with Crippen LogP contribution in [0.2, 0.25) is 0 Å². The average molecular weight is 190 g/mol. The molecule has 0 saturated heterocycles. The lowest BCUT2D eigenvalue weighted by atomic mass is 10.2. The number of carbonyl (C=O) groups excluding carboxylic acids is 1. The monoisotopic (exact) mass is 190 g/mol. The fourth-order valence-electron chi connectivity index (χ4n) is 1.01. The minimum absolute atomic E-state index is 0.507. The van der Waals surface area contributed by atoms with E-state index in [1.54, 1.807) is 12.1 Å². The largest absolute Gasteiger partial charge is 0.489 e. The fourth-order valence-corrected chi connectivity index (χ4v) is 1.01. The first-order chi connectivity index (χ1) is 6.74. The van der Waals surface area contributed by atoms with Crippen molar-refractivity contribution in [1.82, 2.24) is 0 Å². The summed E-state index contributed by atoms with van der Waals surface area (Å²) in [6.45, 7) is 4.52. The van der Waals surface area contributed by atoms with Crippen molar-refractivity contribution in [2.75, 3.05) is 6.61 Å². The molecule has 74 valence electrons. The summed E-state index contributed by atoms with van der Waals surface area (Å²) in [5, 5.41) is 0. The summed E-state index contributed by atoms with van der Waals surface area (Å²) in [5.74, 6) is 0.639. The Morgan fingerprint density at radius 2 is 2.07 bits per heavy atom. The average Bonchev–Trinajstić information content (AvgIpc) is 2.18. The molecule has 0 amide bonds. The molecule has 1 rings (SSSR count). The van der Waals surface area contributed by atoms with Gasteiger partial charge in [0.2, 0.25) is 0 Å². The van der Waals surface area contributed by atoms with Crippen molar-refractivity contribution in [1.29, 1.82) is 0 Å². The van der Waals surface area contributed by atoms with Crippen molar-refractivity contribution in [3.63, 3.8) is 0 Å². The van der Waals surface area contributed by atoms with Crippen LogP contribution in [0.1, 0.15) is 24.2 Å². The summed E-state index contributed by atoms with van der Waals surface area (Å²) >= 11 is 0. The van der Waals surface area contributed by atoms with Crippen LogP contribution in [-0.4, -0.2) is 12.9 Å². The van der Waals surface area contributed by atoms with Crippen LogP contribution in [-0.2, 0) is 0 Å². The lowest BCUT2D eigenvalue weighted by molar-refractivity contribution is 0.112. The third-order valence-electron chi connectivity index (χ3n) is 1.78. The Hall–Kier alpha value is -1.57. The molecule has 0 fully saturated rings. The highest BCUT2D eigenvalue weighted by atomic mass is 16.5. The van der Waals surface area contributed by atoms with Crippen LogP contribution < -0.4 is 4.74 Å². The predicted octanol–water partition coefficient (Wildman–Crippen LogP) is 2.84. The maximum absolute atomic E-state index is 10.6. The van der Waals surface area contributed by atoms with Crippen LogP contribution in [0.3, 0.4) is 0 Å². The van der Waals surface area contributed by atoms with Gasteiger partial charge in [-0.25, -0.2) is 0 Å². The van der Waals surface area contributed by atoms with Gasteiger partial charge in [0, 0.05) is 0 Å². The van der Waals surface area contributed by atoms with Crippen molar-refractivity contribution in [2.45, 2.75) is 13.8 Å². The number of ether oxygens (including phenoxy) is 1. The molecule has 0 aromatic heterocycles.